The Kier molecular flexibility index (Phi) is 2.96. The summed E-state index contributed by atoms with van der Waals surface area (Å²) in [7, 11) is 0. The Morgan fingerprint density at radius 1 is 1.45 bits per heavy atom. The van der Waals surface area contributed by atoms with E-state index < -0.39 is 0 Å². The zero-order valence-corrected chi connectivity index (χ0v) is 7.51. The van der Waals surface area contributed by atoms with Crippen molar-refractivity contribution >= 4 is 0 Å². The van der Waals surface area contributed by atoms with E-state index in [4.69, 9.17) is 6.42 Å². The molecule has 0 heterocycles. The highest BCUT2D eigenvalue weighted by Crippen LogP contribution is 2.37. The molecule has 1 heteroatoms. The lowest BCUT2D eigenvalue weighted by Gasteiger charge is -2.16. The number of hydrogen-bond acceptors (Lipinski definition) is 1. The van der Waals surface area contributed by atoms with Gasteiger partial charge in [0.15, 0.2) is 0 Å². The minimum Gasteiger partial charge on any atom is -0.304 e. The zero-order chi connectivity index (χ0) is 8.27. The fourth-order valence-corrected chi connectivity index (χ4v) is 1.47. The van der Waals surface area contributed by atoms with Crippen molar-refractivity contribution in [1.82, 2.24) is 4.90 Å². The Balaban J connectivity index is 2.17. The van der Waals surface area contributed by atoms with Crippen molar-refractivity contribution in [2.24, 2.45) is 11.8 Å². The van der Waals surface area contributed by atoms with Gasteiger partial charge in [-0.1, -0.05) is 13.8 Å². The van der Waals surface area contributed by atoms with E-state index in [9.17, 15) is 0 Å². The normalized spacial score (nSPS) is 28.5. The lowest BCUT2D eigenvalue weighted by atomic mass is 10.3. The molecule has 0 saturated heterocycles. The molecule has 1 fully saturated rings. The molecule has 0 aromatic rings. The van der Waals surface area contributed by atoms with Crippen molar-refractivity contribution in [2.45, 2.75) is 20.3 Å². The van der Waals surface area contributed by atoms with Gasteiger partial charge in [0.1, 0.15) is 0 Å². The van der Waals surface area contributed by atoms with Crippen LogP contribution in [0.3, 0.4) is 0 Å². The maximum absolute atomic E-state index is 5.31. The predicted octanol–water partition coefficient (Wildman–Crippen LogP) is 1.60. The van der Waals surface area contributed by atoms with E-state index in [1.165, 1.54) is 13.0 Å². The maximum atomic E-state index is 5.31. The van der Waals surface area contributed by atoms with Gasteiger partial charge >= 0.3 is 0 Å². The van der Waals surface area contributed by atoms with Crippen molar-refractivity contribution in [1.29, 1.82) is 0 Å². The smallest absolute Gasteiger partial charge is 0.0244 e. The predicted molar refractivity (Wildman–Crippen MR) is 48.2 cm³/mol. The third-order valence-electron chi connectivity index (χ3n) is 2.52. The Morgan fingerprint density at radius 2 is 2.09 bits per heavy atom. The van der Waals surface area contributed by atoms with Crippen LogP contribution >= 0.6 is 0 Å². The van der Waals surface area contributed by atoms with Gasteiger partial charge in [-0.05, 0) is 25.4 Å². The molecule has 1 aliphatic rings. The summed E-state index contributed by atoms with van der Waals surface area (Å²) >= 11 is 0. The molecule has 0 radical (unpaired) electrons. The first kappa shape index (κ1) is 8.62. The van der Waals surface area contributed by atoms with Gasteiger partial charge in [0.2, 0.25) is 0 Å². The first-order valence-corrected chi connectivity index (χ1v) is 4.50. The van der Waals surface area contributed by atoms with Gasteiger partial charge in [0, 0.05) is 12.5 Å². The van der Waals surface area contributed by atoms with Gasteiger partial charge < -0.3 is 4.90 Å². The van der Waals surface area contributed by atoms with Crippen LogP contribution in [0.1, 0.15) is 20.3 Å². The Labute approximate surface area is 69.8 Å². The molecule has 0 amide bonds. The average molecular weight is 151 g/mol. The Hall–Kier alpha value is -0.480. The highest BCUT2D eigenvalue weighted by atomic mass is 15.1. The van der Waals surface area contributed by atoms with Crippen LogP contribution in [-0.2, 0) is 0 Å². The van der Waals surface area contributed by atoms with E-state index >= 15 is 0 Å². The molecule has 11 heavy (non-hydrogen) atoms. The number of hydrogen-bond donors (Lipinski definition) is 0. The molecule has 0 aromatic carbocycles. The second-order valence-electron chi connectivity index (χ2n) is 3.25. The molecule has 0 aromatic heterocycles. The van der Waals surface area contributed by atoms with E-state index in [1.807, 2.05) is 0 Å². The fraction of sp³-hybridized carbons (Fsp3) is 0.800. The van der Waals surface area contributed by atoms with Crippen LogP contribution in [0.25, 0.3) is 0 Å². The van der Waals surface area contributed by atoms with Crippen LogP contribution in [0, 0.1) is 24.2 Å². The molecular weight excluding hydrogens is 134 g/mol. The number of terminal acetylenes is 1. The SMILES string of the molecule is C#C[C@H]1C[C@@H]1CN(CC)CC. The topological polar surface area (TPSA) is 3.24 Å². The highest BCUT2D eigenvalue weighted by Gasteiger charge is 2.35. The van der Waals surface area contributed by atoms with Crippen LogP contribution < -0.4 is 0 Å². The lowest BCUT2D eigenvalue weighted by Crippen LogP contribution is -2.25. The van der Waals surface area contributed by atoms with Gasteiger partial charge in [-0.15, -0.1) is 12.3 Å². The summed E-state index contributed by atoms with van der Waals surface area (Å²) in [6.45, 7) is 7.93. The van der Waals surface area contributed by atoms with Crippen LogP contribution in [0.2, 0.25) is 0 Å². The molecule has 0 spiro atoms. The molecule has 2 atom stereocenters. The highest BCUT2D eigenvalue weighted by molar-refractivity contribution is 5.07. The second-order valence-corrected chi connectivity index (χ2v) is 3.25. The minimum absolute atomic E-state index is 0.593. The molecule has 0 N–H and O–H groups in total. The maximum Gasteiger partial charge on any atom is 0.0244 e. The molecule has 1 rings (SSSR count). The summed E-state index contributed by atoms with van der Waals surface area (Å²) in [5.74, 6) is 4.21. The van der Waals surface area contributed by atoms with E-state index in [-0.39, 0.29) is 0 Å². The largest absolute Gasteiger partial charge is 0.304 e. The third kappa shape index (κ3) is 2.24. The summed E-state index contributed by atoms with van der Waals surface area (Å²) in [4.78, 5) is 2.45. The molecule has 1 aliphatic carbocycles. The first-order valence-electron chi connectivity index (χ1n) is 4.50. The van der Waals surface area contributed by atoms with E-state index in [1.54, 1.807) is 0 Å². The van der Waals surface area contributed by atoms with Gasteiger partial charge in [-0.3, -0.25) is 0 Å². The lowest BCUT2D eigenvalue weighted by molar-refractivity contribution is 0.288. The molecular formula is C10H17N. The molecule has 62 valence electrons. The van der Waals surface area contributed by atoms with Crippen molar-refractivity contribution in [3.8, 4) is 12.3 Å². The summed E-state index contributed by atoms with van der Waals surface area (Å²) in [6.07, 6.45) is 6.57. The van der Waals surface area contributed by atoms with Gasteiger partial charge in [-0.25, -0.2) is 0 Å². The van der Waals surface area contributed by atoms with Crippen LogP contribution in [0.5, 0.6) is 0 Å². The Bertz CT molecular complexity index is 153. The van der Waals surface area contributed by atoms with E-state index in [0.717, 1.165) is 19.0 Å². The minimum atomic E-state index is 0.593. The first-order chi connectivity index (χ1) is 5.31. The van der Waals surface area contributed by atoms with Crippen molar-refractivity contribution in [3.05, 3.63) is 0 Å². The van der Waals surface area contributed by atoms with Crippen molar-refractivity contribution in [3.63, 3.8) is 0 Å². The van der Waals surface area contributed by atoms with Gasteiger partial charge in [0.25, 0.3) is 0 Å². The summed E-state index contributed by atoms with van der Waals surface area (Å²) in [5, 5.41) is 0. The second kappa shape index (κ2) is 3.78. The zero-order valence-electron chi connectivity index (χ0n) is 7.51. The van der Waals surface area contributed by atoms with Crippen LogP contribution in [0.15, 0.2) is 0 Å². The van der Waals surface area contributed by atoms with Crippen molar-refractivity contribution < 1.29 is 0 Å². The quantitative estimate of drug-likeness (QED) is 0.552. The molecule has 1 saturated carbocycles. The molecule has 0 unspecified atom stereocenters. The van der Waals surface area contributed by atoms with Gasteiger partial charge in [0.05, 0.1) is 0 Å². The summed E-state index contributed by atoms with van der Waals surface area (Å²) < 4.78 is 0. The number of nitrogens with zero attached hydrogens (tertiary/aromatic N) is 1. The molecule has 1 nitrogen and oxygen atoms in total. The number of rotatable bonds is 4. The molecule has 0 bridgehead atoms. The standard InChI is InChI=1S/C10H17N/c1-4-9-7-10(9)8-11(5-2)6-3/h1,9-10H,5-8H2,2-3H3/t9-,10+/m0/s1. The Morgan fingerprint density at radius 3 is 2.45 bits per heavy atom. The van der Waals surface area contributed by atoms with Crippen LogP contribution in [-0.4, -0.2) is 24.5 Å². The molecule has 0 aliphatic heterocycles. The van der Waals surface area contributed by atoms with Crippen molar-refractivity contribution in [2.75, 3.05) is 19.6 Å². The van der Waals surface area contributed by atoms with Gasteiger partial charge in [-0.2, -0.15) is 0 Å². The summed E-state index contributed by atoms with van der Waals surface area (Å²) in [5.41, 5.74) is 0. The van der Waals surface area contributed by atoms with Crippen LogP contribution in [0.4, 0.5) is 0 Å². The van der Waals surface area contributed by atoms with E-state index in [2.05, 4.69) is 24.7 Å². The third-order valence-corrected chi connectivity index (χ3v) is 2.52. The fourth-order valence-electron chi connectivity index (χ4n) is 1.47. The summed E-state index contributed by atoms with van der Waals surface area (Å²) in [6, 6.07) is 0. The monoisotopic (exact) mass is 151 g/mol. The average Bonchev–Trinajstić information content (AvgIpc) is 2.78. The van der Waals surface area contributed by atoms with E-state index in [0.29, 0.717) is 5.92 Å².